The molecule has 0 heterocycles. The third kappa shape index (κ3) is 5.13. The number of aromatic hydroxyl groups is 1. The van der Waals surface area contributed by atoms with Crippen LogP contribution in [-0.2, 0) is 0 Å². The van der Waals surface area contributed by atoms with Crippen molar-refractivity contribution in [3.63, 3.8) is 0 Å². The van der Waals surface area contributed by atoms with Gasteiger partial charge in [0.05, 0.1) is 5.56 Å². The molecule has 0 aliphatic carbocycles. The molecule has 4 aromatic rings. The van der Waals surface area contributed by atoms with Crippen molar-refractivity contribution in [2.75, 3.05) is 0 Å². The topological polar surface area (TPSA) is 46.5 Å². The van der Waals surface area contributed by atoms with Gasteiger partial charge in [-0.25, -0.2) is 0 Å². The van der Waals surface area contributed by atoms with Gasteiger partial charge in [-0.05, 0) is 39.2 Å². The van der Waals surface area contributed by atoms with Gasteiger partial charge in [0.25, 0.3) is 0 Å². The van der Waals surface area contributed by atoms with Gasteiger partial charge in [-0.2, -0.15) is 0 Å². The van der Waals surface area contributed by atoms with Crippen molar-refractivity contribution < 1.29 is 14.3 Å². The van der Waals surface area contributed by atoms with Gasteiger partial charge in [0.1, 0.15) is 11.5 Å². The van der Waals surface area contributed by atoms with Gasteiger partial charge in [-0.15, -0.1) is 0 Å². The molecule has 0 bridgehead atoms. The quantitative estimate of drug-likeness (QED) is 0.195. The minimum Gasteiger partial charge on any atom is -0.534 e. The van der Waals surface area contributed by atoms with E-state index >= 15 is 0 Å². The highest BCUT2D eigenvalue weighted by Gasteiger charge is 2.52. The molecule has 0 aliphatic rings. The Morgan fingerprint density at radius 3 is 1.77 bits per heavy atom. The van der Waals surface area contributed by atoms with E-state index in [1.54, 1.807) is 24.3 Å². The molecule has 0 saturated carbocycles. The summed E-state index contributed by atoms with van der Waals surface area (Å²) >= 11 is 0. The van der Waals surface area contributed by atoms with E-state index in [-0.39, 0.29) is 22.1 Å². The number of allylic oxidation sites excluding steroid dienone is 1. The van der Waals surface area contributed by atoms with E-state index in [2.05, 4.69) is 45.0 Å². The first kappa shape index (κ1) is 24.2. The van der Waals surface area contributed by atoms with Gasteiger partial charge in [-0.3, -0.25) is 4.79 Å². The summed E-state index contributed by atoms with van der Waals surface area (Å²) in [5, 5.41) is 12.9. The van der Waals surface area contributed by atoms with E-state index in [0.29, 0.717) is 5.75 Å². The van der Waals surface area contributed by atoms with Gasteiger partial charge in [0, 0.05) is 6.07 Å². The average Bonchev–Trinajstić information content (AvgIpc) is 2.87. The Kier molecular flexibility index (Phi) is 7.04. The average molecular weight is 479 g/mol. The first-order valence-corrected chi connectivity index (χ1v) is 13.6. The maximum atomic E-state index is 12.8. The Morgan fingerprint density at radius 1 is 0.771 bits per heavy atom. The van der Waals surface area contributed by atoms with Crippen LogP contribution in [0.1, 0.15) is 36.7 Å². The normalized spacial score (nSPS) is 12.0. The predicted octanol–water partition coefficient (Wildman–Crippen LogP) is 6.23. The fourth-order valence-corrected chi connectivity index (χ4v) is 8.85. The van der Waals surface area contributed by atoms with Gasteiger partial charge in [0.15, 0.2) is 5.78 Å². The lowest BCUT2D eigenvalue weighted by Gasteiger charge is -2.43. The number of ketones is 1. The molecular formula is C31H30O3Si. The van der Waals surface area contributed by atoms with E-state index in [1.165, 1.54) is 6.08 Å². The Balaban J connectivity index is 1.72. The summed E-state index contributed by atoms with van der Waals surface area (Å²) in [6.45, 7) is 6.60. The van der Waals surface area contributed by atoms with Crippen LogP contribution in [0.15, 0.2) is 115 Å². The summed E-state index contributed by atoms with van der Waals surface area (Å²) in [6, 6.07) is 35.2. The van der Waals surface area contributed by atoms with Gasteiger partial charge < -0.3 is 9.53 Å². The molecule has 0 amide bonds. The first-order chi connectivity index (χ1) is 16.8. The van der Waals surface area contributed by atoms with Crippen LogP contribution >= 0.6 is 0 Å². The molecular weight excluding hydrogens is 448 g/mol. The summed E-state index contributed by atoms with van der Waals surface area (Å²) in [6.07, 6.45) is 3.22. The number of phenols is 1. The van der Waals surface area contributed by atoms with Crippen molar-refractivity contribution in [2.45, 2.75) is 25.8 Å². The maximum absolute atomic E-state index is 12.8. The van der Waals surface area contributed by atoms with Crippen LogP contribution in [0.25, 0.3) is 6.08 Å². The number of phenolic OH excluding ortho intramolecular Hbond substituents is 1. The monoisotopic (exact) mass is 478 g/mol. The fourth-order valence-electron chi connectivity index (χ4n) is 4.44. The number of hydrogen-bond acceptors (Lipinski definition) is 3. The molecule has 3 nitrogen and oxygen atoms in total. The number of benzene rings is 4. The number of hydrogen-bond donors (Lipinski definition) is 1. The molecule has 1 N–H and O–H groups in total. The van der Waals surface area contributed by atoms with Crippen molar-refractivity contribution in [1.29, 1.82) is 0 Å². The molecule has 0 atom stereocenters. The molecule has 35 heavy (non-hydrogen) atoms. The lowest BCUT2D eigenvalue weighted by molar-refractivity contribution is 0.104. The maximum Gasteiger partial charge on any atom is 0.319 e. The SMILES string of the molecule is CC(C)(C)[Si](Oc1ccc(C(=O)C=Cc2ccccc2)c(O)c1)(c1ccccc1)c1ccccc1. The van der Waals surface area contributed by atoms with Crippen LogP contribution in [0.2, 0.25) is 5.04 Å². The summed E-state index contributed by atoms with van der Waals surface area (Å²) < 4.78 is 6.93. The van der Waals surface area contributed by atoms with Gasteiger partial charge >= 0.3 is 8.32 Å². The lowest BCUT2D eigenvalue weighted by Crippen LogP contribution is -2.68. The third-order valence-electron chi connectivity index (χ3n) is 6.15. The van der Waals surface area contributed by atoms with Crippen molar-refractivity contribution in [1.82, 2.24) is 0 Å². The zero-order chi connectivity index (χ0) is 24.9. The highest BCUT2D eigenvalue weighted by Crippen LogP contribution is 2.38. The second-order valence-corrected chi connectivity index (χ2v) is 13.8. The Bertz CT molecular complexity index is 1270. The van der Waals surface area contributed by atoms with Gasteiger partial charge in [0.2, 0.25) is 0 Å². The Morgan fingerprint density at radius 2 is 1.29 bits per heavy atom. The Hall–Kier alpha value is -3.89. The van der Waals surface area contributed by atoms with E-state index in [1.807, 2.05) is 66.7 Å². The summed E-state index contributed by atoms with van der Waals surface area (Å²) in [4.78, 5) is 12.8. The molecule has 176 valence electrons. The Labute approximate surface area is 208 Å². The van der Waals surface area contributed by atoms with E-state index < -0.39 is 8.32 Å². The third-order valence-corrected chi connectivity index (χ3v) is 11.1. The molecule has 4 rings (SSSR count). The van der Waals surface area contributed by atoms with E-state index in [0.717, 1.165) is 15.9 Å². The van der Waals surface area contributed by atoms with Crippen LogP contribution < -0.4 is 14.8 Å². The highest BCUT2D eigenvalue weighted by molar-refractivity contribution is 7.00. The standard InChI is InChI=1S/C31H30O3Si/c1-31(2,3)35(26-15-9-5-10-16-26,27-17-11-6-12-18-27)34-25-20-21-28(30(33)23-25)29(32)22-19-24-13-7-4-8-14-24/h4-23,33H,1-3H3. The fraction of sp³-hybridized carbons (Fsp3) is 0.129. The predicted molar refractivity (Wildman–Crippen MR) is 146 cm³/mol. The minimum atomic E-state index is -2.83. The molecule has 0 radical (unpaired) electrons. The molecule has 0 spiro atoms. The van der Waals surface area contributed by atoms with Crippen molar-refractivity contribution in [3.05, 3.63) is 126 Å². The largest absolute Gasteiger partial charge is 0.534 e. The summed E-state index contributed by atoms with van der Waals surface area (Å²) in [7, 11) is -2.83. The van der Waals surface area contributed by atoms with Crippen molar-refractivity contribution >= 4 is 30.6 Å². The molecule has 4 aromatic carbocycles. The van der Waals surface area contributed by atoms with E-state index in [4.69, 9.17) is 4.43 Å². The zero-order valence-corrected chi connectivity index (χ0v) is 21.3. The summed E-state index contributed by atoms with van der Waals surface area (Å²) in [5.74, 6) is 0.187. The number of carbonyl (C=O) groups is 1. The van der Waals surface area contributed by atoms with Crippen molar-refractivity contribution in [3.8, 4) is 11.5 Å². The number of carbonyl (C=O) groups excluding carboxylic acids is 1. The van der Waals surface area contributed by atoms with Crippen LogP contribution in [0, 0.1) is 0 Å². The highest BCUT2D eigenvalue weighted by atomic mass is 28.4. The molecule has 0 fully saturated rings. The van der Waals surface area contributed by atoms with Gasteiger partial charge in [-0.1, -0.05) is 118 Å². The molecule has 4 heteroatoms. The number of rotatable bonds is 7. The smallest absolute Gasteiger partial charge is 0.319 e. The zero-order valence-electron chi connectivity index (χ0n) is 20.3. The van der Waals surface area contributed by atoms with Crippen molar-refractivity contribution in [2.24, 2.45) is 0 Å². The molecule has 0 aliphatic heterocycles. The van der Waals surface area contributed by atoms with Crippen LogP contribution in [-0.4, -0.2) is 19.2 Å². The molecule has 0 aromatic heterocycles. The van der Waals surface area contributed by atoms with Crippen LogP contribution in [0.3, 0.4) is 0 Å². The molecule has 0 unspecified atom stereocenters. The summed E-state index contributed by atoms with van der Waals surface area (Å²) in [5.41, 5.74) is 1.17. The van der Waals surface area contributed by atoms with E-state index in [9.17, 15) is 9.90 Å². The second kappa shape index (κ2) is 10.2. The second-order valence-electron chi connectivity index (χ2n) is 9.55. The van der Waals surface area contributed by atoms with Crippen LogP contribution in [0.5, 0.6) is 11.5 Å². The lowest BCUT2D eigenvalue weighted by atomic mass is 10.1. The minimum absolute atomic E-state index is 0.0943. The molecule has 0 saturated heterocycles. The first-order valence-electron chi connectivity index (χ1n) is 11.7. The van der Waals surface area contributed by atoms with Crippen LogP contribution in [0.4, 0.5) is 0 Å².